The summed E-state index contributed by atoms with van der Waals surface area (Å²) in [6, 6.07) is 17.8. The van der Waals surface area contributed by atoms with Gasteiger partial charge in [0.1, 0.15) is 5.82 Å². The average Bonchev–Trinajstić information content (AvgIpc) is 2.96. The number of aromatic nitrogens is 3. The number of anilines is 2. The van der Waals surface area contributed by atoms with Crippen molar-refractivity contribution in [3.63, 3.8) is 0 Å². The number of rotatable bonds is 8. The van der Waals surface area contributed by atoms with Gasteiger partial charge in [-0.1, -0.05) is 30.3 Å². The molecular weight excluding hydrogens is 492 g/mol. The number of hydrogen-bond donors (Lipinski definition) is 2. The van der Waals surface area contributed by atoms with Gasteiger partial charge in [0.2, 0.25) is 5.95 Å². The SMILES string of the molecule is COc1cc(Cc2cnc(N)nc2N)cc(C(=O)/C=C/N2CCc3ccccc3[C@@H]2c2ccccn2)c1OC. The molecule has 39 heavy (non-hydrogen) atoms. The predicted molar refractivity (Wildman–Crippen MR) is 150 cm³/mol. The number of hydrogen-bond acceptors (Lipinski definition) is 9. The molecule has 3 heterocycles. The summed E-state index contributed by atoms with van der Waals surface area (Å²) in [6.45, 7) is 0.749. The lowest BCUT2D eigenvalue weighted by Crippen LogP contribution is -2.32. The number of ether oxygens (including phenoxy) is 2. The molecule has 1 aliphatic heterocycles. The lowest BCUT2D eigenvalue weighted by molar-refractivity contribution is 0.104. The molecule has 0 fully saturated rings. The van der Waals surface area contributed by atoms with Gasteiger partial charge in [-0.05, 0) is 47.4 Å². The number of nitrogen functional groups attached to an aromatic ring is 2. The molecule has 0 spiro atoms. The van der Waals surface area contributed by atoms with Gasteiger partial charge in [0, 0.05) is 43.2 Å². The fourth-order valence-electron chi connectivity index (χ4n) is 4.96. The number of benzene rings is 2. The van der Waals surface area contributed by atoms with Crippen molar-refractivity contribution in [3.05, 3.63) is 113 Å². The third-order valence-corrected chi connectivity index (χ3v) is 6.82. The molecule has 2 aromatic carbocycles. The number of nitrogens with two attached hydrogens (primary N) is 2. The summed E-state index contributed by atoms with van der Waals surface area (Å²) in [6.07, 6.45) is 8.06. The van der Waals surface area contributed by atoms with E-state index in [1.807, 2.05) is 36.5 Å². The van der Waals surface area contributed by atoms with Crippen LogP contribution in [0.15, 0.2) is 79.3 Å². The van der Waals surface area contributed by atoms with Crippen LogP contribution < -0.4 is 20.9 Å². The average molecular weight is 523 g/mol. The Hall–Kier alpha value is -4.92. The van der Waals surface area contributed by atoms with Gasteiger partial charge in [-0.25, -0.2) is 4.98 Å². The summed E-state index contributed by atoms with van der Waals surface area (Å²) < 4.78 is 11.2. The summed E-state index contributed by atoms with van der Waals surface area (Å²) >= 11 is 0. The second-order valence-electron chi connectivity index (χ2n) is 9.22. The van der Waals surface area contributed by atoms with Gasteiger partial charge in [0.25, 0.3) is 0 Å². The van der Waals surface area contributed by atoms with Gasteiger partial charge in [-0.2, -0.15) is 4.98 Å². The molecule has 0 saturated carbocycles. The minimum Gasteiger partial charge on any atom is -0.493 e. The molecule has 198 valence electrons. The molecule has 4 aromatic rings. The lowest BCUT2D eigenvalue weighted by atomic mass is 9.90. The Morgan fingerprint density at radius 1 is 1.08 bits per heavy atom. The van der Waals surface area contributed by atoms with E-state index in [0.29, 0.717) is 29.0 Å². The van der Waals surface area contributed by atoms with E-state index in [2.05, 4.69) is 38.1 Å². The van der Waals surface area contributed by atoms with Crippen molar-refractivity contribution >= 4 is 17.5 Å². The van der Waals surface area contributed by atoms with Crippen molar-refractivity contribution in [3.8, 4) is 11.5 Å². The van der Waals surface area contributed by atoms with Crippen molar-refractivity contribution in [1.82, 2.24) is 19.9 Å². The number of fused-ring (bicyclic) bond motifs is 1. The molecule has 4 N–H and O–H groups in total. The maximum atomic E-state index is 13.6. The molecule has 0 aliphatic carbocycles. The van der Waals surface area contributed by atoms with E-state index in [-0.39, 0.29) is 23.6 Å². The van der Waals surface area contributed by atoms with Gasteiger partial charge < -0.3 is 25.8 Å². The largest absolute Gasteiger partial charge is 0.493 e. The van der Waals surface area contributed by atoms with E-state index in [1.165, 1.54) is 25.3 Å². The maximum absolute atomic E-state index is 13.6. The number of allylic oxidation sites excluding steroid dienone is 1. The number of carbonyl (C=O) groups is 1. The first kappa shape index (κ1) is 25.7. The Kier molecular flexibility index (Phi) is 7.40. The summed E-state index contributed by atoms with van der Waals surface area (Å²) in [4.78, 5) is 28.5. The molecule has 9 heteroatoms. The van der Waals surface area contributed by atoms with E-state index in [0.717, 1.165) is 24.2 Å². The Balaban J connectivity index is 1.48. The van der Waals surface area contributed by atoms with Crippen LogP contribution in [0.25, 0.3) is 0 Å². The minimum atomic E-state index is -0.216. The van der Waals surface area contributed by atoms with Gasteiger partial charge in [0.05, 0.1) is 31.5 Å². The van der Waals surface area contributed by atoms with Crippen LogP contribution >= 0.6 is 0 Å². The quantitative estimate of drug-likeness (QED) is 0.261. The fourth-order valence-corrected chi connectivity index (χ4v) is 4.96. The van der Waals surface area contributed by atoms with E-state index in [4.69, 9.17) is 20.9 Å². The molecule has 0 bridgehead atoms. The van der Waals surface area contributed by atoms with Crippen LogP contribution in [0.2, 0.25) is 0 Å². The molecular formula is C30H30N6O3. The molecule has 2 aromatic heterocycles. The molecule has 0 amide bonds. The summed E-state index contributed by atoms with van der Waals surface area (Å²) in [5, 5.41) is 0. The number of carbonyl (C=O) groups excluding carboxylic acids is 1. The Bertz CT molecular complexity index is 1520. The monoisotopic (exact) mass is 522 g/mol. The number of ketones is 1. The summed E-state index contributed by atoms with van der Waals surface area (Å²) in [5.41, 5.74) is 16.9. The topological polar surface area (TPSA) is 129 Å². The van der Waals surface area contributed by atoms with Crippen LogP contribution in [0, 0.1) is 0 Å². The van der Waals surface area contributed by atoms with Crippen LogP contribution in [0.3, 0.4) is 0 Å². The smallest absolute Gasteiger partial charge is 0.221 e. The first-order chi connectivity index (χ1) is 19.0. The first-order valence-corrected chi connectivity index (χ1v) is 12.6. The van der Waals surface area contributed by atoms with Gasteiger partial charge in [-0.15, -0.1) is 0 Å². The highest BCUT2D eigenvalue weighted by Crippen LogP contribution is 2.36. The van der Waals surface area contributed by atoms with Crippen LogP contribution in [0.4, 0.5) is 11.8 Å². The zero-order valence-electron chi connectivity index (χ0n) is 21.9. The molecule has 0 radical (unpaired) electrons. The van der Waals surface area contributed by atoms with Gasteiger partial charge >= 0.3 is 0 Å². The molecule has 0 saturated heterocycles. The third-order valence-electron chi connectivity index (χ3n) is 6.82. The Labute approximate surface area is 227 Å². The van der Waals surface area contributed by atoms with Gasteiger partial charge in [0.15, 0.2) is 17.3 Å². The highest BCUT2D eigenvalue weighted by Gasteiger charge is 2.28. The van der Waals surface area contributed by atoms with Crippen molar-refractivity contribution in [2.45, 2.75) is 18.9 Å². The van der Waals surface area contributed by atoms with Crippen molar-refractivity contribution in [2.75, 3.05) is 32.2 Å². The Morgan fingerprint density at radius 2 is 1.90 bits per heavy atom. The normalized spacial score (nSPS) is 14.7. The number of pyridine rings is 1. The highest BCUT2D eigenvalue weighted by atomic mass is 16.5. The van der Waals surface area contributed by atoms with E-state index in [1.54, 1.807) is 24.5 Å². The van der Waals surface area contributed by atoms with E-state index < -0.39 is 0 Å². The van der Waals surface area contributed by atoms with Crippen molar-refractivity contribution < 1.29 is 14.3 Å². The third kappa shape index (κ3) is 5.38. The molecule has 0 unspecified atom stereocenters. The summed E-state index contributed by atoms with van der Waals surface area (Å²) in [5.74, 6) is 0.986. The minimum absolute atomic E-state index is 0.101. The second-order valence-corrected chi connectivity index (χ2v) is 9.22. The predicted octanol–water partition coefficient (Wildman–Crippen LogP) is 3.99. The zero-order valence-corrected chi connectivity index (χ0v) is 21.9. The van der Waals surface area contributed by atoms with Crippen LogP contribution in [-0.2, 0) is 12.8 Å². The number of nitrogens with zero attached hydrogens (tertiary/aromatic N) is 4. The number of methoxy groups -OCH3 is 2. The van der Waals surface area contributed by atoms with Crippen molar-refractivity contribution in [1.29, 1.82) is 0 Å². The highest BCUT2D eigenvalue weighted by molar-refractivity contribution is 6.07. The molecule has 9 nitrogen and oxygen atoms in total. The standard InChI is InChI=1S/C30H30N6O3/c1-38-26-17-19(15-21-18-34-30(32)35-29(21)31)16-23(28(26)39-2)25(37)11-14-36-13-10-20-7-3-4-8-22(20)27(36)24-9-5-6-12-33-24/h3-9,11-12,14,16-18,27H,10,13,15H2,1-2H3,(H4,31,32,34,35)/b14-11+/t27-/m1/s1. The fraction of sp³-hybridized carbons (Fsp3) is 0.200. The van der Waals surface area contributed by atoms with E-state index >= 15 is 0 Å². The Morgan fingerprint density at radius 3 is 2.64 bits per heavy atom. The first-order valence-electron chi connectivity index (χ1n) is 12.6. The lowest BCUT2D eigenvalue weighted by Gasteiger charge is -2.36. The van der Waals surface area contributed by atoms with Crippen molar-refractivity contribution in [2.24, 2.45) is 0 Å². The van der Waals surface area contributed by atoms with Crippen LogP contribution in [0.5, 0.6) is 11.5 Å². The maximum Gasteiger partial charge on any atom is 0.221 e. The van der Waals surface area contributed by atoms with Gasteiger partial charge in [-0.3, -0.25) is 9.78 Å². The molecule has 1 aliphatic rings. The van der Waals surface area contributed by atoms with Crippen LogP contribution in [-0.4, -0.2) is 46.4 Å². The summed E-state index contributed by atoms with van der Waals surface area (Å²) in [7, 11) is 3.05. The molecule has 5 rings (SSSR count). The molecule has 1 atom stereocenters. The second kappa shape index (κ2) is 11.2. The van der Waals surface area contributed by atoms with Crippen LogP contribution in [0.1, 0.15) is 44.3 Å². The van der Waals surface area contributed by atoms with E-state index in [9.17, 15) is 4.79 Å². The zero-order chi connectivity index (χ0) is 27.4.